The summed E-state index contributed by atoms with van der Waals surface area (Å²) in [4.78, 5) is 0. The van der Waals surface area contributed by atoms with Crippen LogP contribution in [0, 0.1) is 0 Å². The maximum Gasteiger partial charge on any atom is 0.417 e. The fourth-order valence-corrected chi connectivity index (χ4v) is 1.64. The van der Waals surface area contributed by atoms with Crippen molar-refractivity contribution in [2.45, 2.75) is 6.18 Å². The number of rotatable bonds is 2. The largest absolute Gasteiger partial charge is 0.417 e. The van der Waals surface area contributed by atoms with Crippen molar-refractivity contribution in [1.29, 1.82) is 0 Å². The third kappa shape index (κ3) is 3.07. The summed E-state index contributed by atoms with van der Waals surface area (Å²) in [6, 6.07) is 3.96. The zero-order valence-corrected chi connectivity index (χ0v) is 9.27. The highest BCUT2D eigenvalue weighted by Gasteiger charge is 2.33. The number of nitrogens with two attached hydrogens (primary N) is 1. The number of hydrogen-bond donors (Lipinski definition) is 1. The number of alkyl halides is 3. The zero-order valence-electron chi connectivity index (χ0n) is 7.68. The molecule has 1 aromatic carbocycles. The van der Waals surface area contributed by atoms with Gasteiger partial charge in [0, 0.05) is 16.6 Å². The maximum absolute atomic E-state index is 12.6. The highest BCUT2D eigenvalue weighted by Crippen LogP contribution is 2.35. The molecule has 1 aromatic rings. The van der Waals surface area contributed by atoms with E-state index >= 15 is 0 Å². The SMILES string of the molecule is NC/C=C/c1c(Br)cccc1C(F)(F)F. The molecule has 82 valence electrons. The summed E-state index contributed by atoms with van der Waals surface area (Å²) in [5.41, 5.74) is 4.64. The summed E-state index contributed by atoms with van der Waals surface area (Å²) in [5.74, 6) is 0. The molecule has 0 saturated heterocycles. The lowest BCUT2D eigenvalue weighted by Crippen LogP contribution is -2.07. The first kappa shape index (κ1) is 12.3. The number of hydrogen-bond acceptors (Lipinski definition) is 1. The number of benzene rings is 1. The second-order valence-electron chi connectivity index (χ2n) is 2.84. The van der Waals surface area contributed by atoms with Crippen molar-refractivity contribution in [2.75, 3.05) is 6.54 Å². The van der Waals surface area contributed by atoms with Crippen molar-refractivity contribution >= 4 is 22.0 Å². The van der Waals surface area contributed by atoms with Crippen molar-refractivity contribution < 1.29 is 13.2 Å². The van der Waals surface area contributed by atoms with Crippen molar-refractivity contribution in [2.24, 2.45) is 5.73 Å². The van der Waals surface area contributed by atoms with Crippen molar-refractivity contribution in [1.82, 2.24) is 0 Å². The van der Waals surface area contributed by atoms with Gasteiger partial charge in [0.1, 0.15) is 0 Å². The van der Waals surface area contributed by atoms with Crippen LogP contribution >= 0.6 is 15.9 Å². The molecule has 0 amide bonds. The minimum Gasteiger partial charge on any atom is -0.327 e. The Hall–Kier alpha value is -0.810. The Kier molecular flexibility index (Phi) is 3.93. The van der Waals surface area contributed by atoms with Gasteiger partial charge >= 0.3 is 6.18 Å². The molecule has 1 rings (SSSR count). The third-order valence-corrected chi connectivity index (χ3v) is 2.47. The predicted octanol–water partition coefficient (Wildman–Crippen LogP) is 3.44. The van der Waals surface area contributed by atoms with E-state index in [2.05, 4.69) is 15.9 Å². The minimum atomic E-state index is -4.35. The Morgan fingerprint density at radius 2 is 2.00 bits per heavy atom. The monoisotopic (exact) mass is 279 g/mol. The molecule has 0 aliphatic carbocycles. The lowest BCUT2D eigenvalue weighted by molar-refractivity contribution is -0.137. The van der Waals surface area contributed by atoms with Crippen LogP contribution in [-0.2, 0) is 6.18 Å². The Balaban J connectivity index is 3.27. The molecular formula is C10H9BrF3N. The molecule has 1 nitrogen and oxygen atoms in total. The Labute approximate surface area is 93.9 Å². The van der Waals surface area contributed by atoms with Gasteiger partial charge in [-0.15, -0.1) is 0 Å². The van der Waals surface area contributed by atoms with E-state index in [9.17, 15) is 13.2 Å². The van der Waals surface area contributed by atoms with Crippen molar-refractivity contribution in [3.8, 4) is 0 Å². The average Bonchev–Trinajstić information content (AvgIpc) is 2.14. The average molecular weight is 280 g/mol. The van der Waals surface area contributed by atoms with E-state index in [1.165, 1.54) is 18.2 Å². The molecule has 0 atom stereocenters. The molecular weight excluding hydrogens is 271 g/mol. The molecule has 0 aliphatic rings. The highest BCUT2D eigenvalue weighted by molar-refractivity contribution is 9.10. The lowest BCUT2D eigenvalue weighted by atomic mass is 10.1. The first-order valence-corrected chi connectivity index (χ1v) is 4.98. The summed E-state index contributed by atoms with van der Waals surface area (Å²) in [7, 11) is 0. The van der Waals surface area contributed by atoms with E-state index in [1.54, 1.807) is 6.07 Å². The first-order valence-electron chi connectivity index (χ1n) is 4.19. The number of halogens is 4. The van der Waals surface area contributed by atoms with Gasteiger partial charge in [0.15, 0.2) is 0 Å². The molecule has 0 saturated carbocycles. The molecule has 15 heavy (non-hydrogen) atoms. The standard InChI is InChI=1S/C10H9BrF3N/c11-9-5-1-4-8(10(12,13)14)7(9)3-2-6-15/h1-5H,6,15H2/b3-2+. The van der Waals surface area contributed by atoms with Crippen LogP contribution in [-0.4, -0.2) is 6.54 Å². The predicted molar refractivity (Wildman–Crippen MR) is 57.2 cm³/mol. The van der Waals surface area contributed by atoms with Gasteiger partial charge < -0.3 is 5.73 Å². The van der Waals surface area contributed by atoms with E-state index in [1.807, 2.05) is 0 Å². The van der Waals surface area contributed by atoms with Crippen LogP contribution < -0.4 is 5.73 Å². The fraction of sp³-hybridized carbons (Fsp3) is 0.200. The van der Waals surface area contributed by atoms with Crippen molar-refractivity contribution in [3.63, 3.8) is 0 Å². The Morgan fingerprint density at radius 1 is 1.33 bits per heavy atom. The molecule has 0 bridgehead atoms. The maximum atomic E-state index is 12.6. The molecule has 0 aliphatic heterocycles. The van der Waals surface area contributed by atoms with E-state index < -0.39 is 11.7 Å². The topological polar surface area (TPSA) is 26.0 Å². The normalized spacial score (nSPS) is 12.3. The van der Waals surface area contributed by atoms with Crippen LogP contribution in [0.2, 0.25) is 0 Å². The van der Waals surface area contributed by atoms with Gasteiger partial charge in [-0.2, -0.15) is 13.2 Å². The zero-order chi connectivity index (χ0) is 11.5. The van der Waals surface area contributed by atoms with Gasteiger partial charge in [0.25, 0.3) is 0 Å². The minimum absolute atomic E-state index is 0.107. The smallest absolute Gasteiger partial charge is 0.327 e. The molecule has 0 spiro atoms. The molecule has 2 N–H and O–H groups in total. The Morgan fingerprint density at radius 3 is 2.53 bits per heavy atom. The van der Waals surface area contributed by atoms with Crippen LogP contribution in [0.3, 0.4) is 0 Å². The second kappa shape index (κ2) is 4.81. The van der Waals surface area contributed by atoms with Crippen LogP contribution in [0.25, 0.3) is 6.08 Å². The lowest BCUT2D eigenvalue weighted by Gasteiger charge is -2.11. The van der Waals surface area contributed by atoms with E-state index in [0.29, 0.717) is 4.47 Å². The van der Waals surface area contributed by atoms with Crippen LogP contribution in [0.15, 0.2) is 28.7 Å². The van der Waals surface area contributed by atoms with Gasteiger partial charge in [-0.1, -0.05) is 34.1 Å². The van der Waals surface area contributed by atoms with E-state index in [-0.39, 0.29) is 12.1 Å². The van der Waals surface area contributed by atoms with Crippen LogP contribution in [0.5, 0.6) is 0 Å². The molecule has 0 unspecified atom stereocenters. The summed E-state index contributed by atoms with van der Waals surface area (Å²) in [6.07, 6.45) is -1.50. The summed E-state index contributed by atoms with van der Waals surface area (Å²) >= 11 is 3.08. The summed E-state index contributed by atoms with van der Waals surface area (Å²) in [6.45, 7) is 0.207. The molecule has 0 heterocycles. The fourth-order valence-electron chi connectivity index (χ4n) is 1.14. The Bertz CT molecular complexity index is 371. The van der Waals surface area contributed by atoms with E-state index in [0.717, 1.165) is 6.07 Å². The van der Waals surface area contributed by atoms with Gasteiger partial charge in [0.05, 0.1) is 5.56 Å². The molecule has 0 radical (unpaired) electrons. The molecule has 0 fully saturated rings. The summed E-state index contributed by atoms with van der Waals surface area (Å²) in [5, 5.41) is 0. The molecule has 5 heteroatoms. The van der Waals surface area contributed by atoms with E-state index in [4.69, 9.17) is 5.73 Å². The second-order valence-corrected chi connectivity index (χ2v) is 3.69. The third-order valence-electron chi connectivity index (χ3n) is 1.78. The van der Waals surface area contributed by atoms with Gasteiger partial charge in [-0.3, -0.25) is 0 Å². The quantitative estimate of drug-likeness (QED) is 0.882. The first-order chi connectivity index (χ1) is 6.96. The molecule has 0 aromatic heterocycles. The van der Waals surface area contributed by atoms with Gasteiger partial charge in [-0.25, -0.2) is 0 Å². The highest BCUT2D eigenvalue weighted by atomic mass is 79.9. The van der Waals surface area contributed by atoms with Crippen LogP contribution in [0.4, 0.5) is 13.2 Å². The van der Waals surface area contributed by atoms with Crippen molar-refractivity contribution in [3.05, 3.63) is 39.9 Å². The van der Waals surface area contributed by atoms with Crippen LogP contribution in [0.1, 0.15) is 11.1 Å². The summed E-state index contributed by atoms with van der Waals surface area (Å²) < 4.78 is 38.1. The van der Waals surface area contributed by atoms with Gasteiger partial charge in [-0.05, 0) is 12.1 Å². The van der Waals surface area contributed by atoms with Gasteiger partial charge in [0.2, 0.25) is 0 Å².